The zero-order valence-electron chi connectivity index (χ0n) is 9.02. The van der Waals surface area contributed by atoms with E-state index in [9.17, 15) is 4.79 Å². The molecule has 86 valence electrons. The van der Waals surface area contributed by atoms with Crippen LogP contribution in [-0.4, -0.2) is 29.9 Å². The van der Waals surface area contributed by atoms with Gasteiger partial charge in [-0.3, -0.25) is 4.79 Å². The molecule has 0 N–H and O–H groups in total. The van der Waals surface area contributed by atoms with E-state index in [4.69, 9.17) is 4.74 Å². The summed E-state index contributed by atoms with van der Waals surface area (Å²) in [6.07, 6.45) is 2.24. The Labute approximate surface area is 103 Å². The molecular formula is C11H13BrN2O2. The second-order valence-corrected chi connectivity index (χ2v) is 4.41. The van der Waals surface area contributed by atoms with E-state index in [0.29, 0.717) is 18.2 Å². The van der Waals surface area contributed by atoms with Crippen molar-refractivity contribution in [2.45, 2.75) is 6.42 Å². The summed E-state index contributed by atoms with van der Waals surface area (Å²) in [6.45, 7) is 0.728. The maximum Gasteiger partial charge on any atom is 0.237 e. The van der Waals surface area contributed by atoms with Crippen molar-refractivity contribution in [1.29, 1.82) is 0 Å². The molecule has 0 aromatic carbocycles. The second kappa shape index (κ2) is 4.82. The van der Waals surface area contributed by atoms with Crippen LogP contribution in [0.1, 0.15) is 6.42 Å². The number of nitrogens with zero attached hydrogens (tertiary/aromatic N) is 2. The van der Waals surface area contributed by atoms with Gasteiger partial charge in [-0.05, 0) is 18.1 Å². The largest absolute Gasteiger partial charge is 0.480 e. The van der Waals surface area contributed by atoms with Gasteiger partial charge in [-0.25, -0.2) is 4.98 Å². The maximum atomic E-state index is 11.8. The lowest BCUT2D eigenvalue weighted by atomic mass is 10.2. The lowest BCUT2D eigenvalue weighted by Crippen LogP contribution is -2.25. The normalized spacial score (nSPS) is 20.2. The van der Waals surface area contributed by atoms with Crippen LogP contribution in [0.4, 0.5) is 5.69 Å². The number of carbonyl (C=O) groups excluding carboxylic acids is 1. The molecule has 1 atom stereocenters. The van der Waals surface area contributed by atoms with E-state index in [0.717, 1.165) is 17.6 Å². The Morgan fingerprint density at radius 3 is 3.12 bits per heavy atom. The van der Waals surface area contributed by atoms with Gasteiger partial charge < -0.3 is 9.64 Å². The fourth-order valence-electron chi connectivity index (χ4n) is 1.86. The molecule has 4 nitrogen and oxygen atoms in total. The van der Waals surface area contributed by atoms with Gasteiger partial charge in [-0.1, -0.05) is 15.9 Å². The first kappa shape index (κ1) is 11.4. The molecule has 0 spiro atoms. The van der Waals surface area contributed by atoms with E-state index in [2.05, 4.69) is 20.9 Å². The number of aromatic nitrogens is 1. The Balaban J connectivity index is 2.27. The minimum atomic E-state index is 0.135. The Kier molecular flexibility index (Phi) is 3.43. The third kappa shape index (κ3) is 2.04. The highest BCUT2D eigenvalue weighted by Gasteiger charge is 2.31. The summed E-state index contributed by atoms with van der Waals surface area (Å²) in [4.78, 5) is 17.7. The summed E-state index contributed by atoms with van der Waals surface area (Å²) < 4.78 is 5.16. The van der Waals surface area contributed by atoms with Crippen molar-refractivity contribution in [1.82, 2.24) is 4.98 Å². The van der Waals surface area contributed by atoms with Crippen LogP contribution in [0.5, 0.6) is 5.88 Å². The van der Waals surface area contributed by atoms with E-state index in [1.807, 2.05) is 12.1 Å². The quantitative estimate of drug-likeness (QED) is 0.796. The van der Waals surface area contributed by atoms with E-state index in [1.54, 1.807) is 18.2 Å². The van der Waals surface area contributed by atoms with Crippen LogP contribution in [0, 0.1) is 5.92 Å². The van der Waals surface area contributed by atoms with E-state index < -0.39 is 0 Å². The van der Waals surface area contributed by atoms with Gasteiger partial charge in [0, 0.05) is 24.5 Å². The van der Waals surface area contributed by atoms with Crippen LogP contribution in [0.15, 0.2) is 18.3 Å². The number of halogens is 1. The summed E-state index contributed by atoms with van der Waals surface area (Å²) in [5, 5.41) is 0.845. The smallest absolute Gasteiger partial charge is 0.237 e. The highest BCUT2D eigenvalue weighted by atomic mass is 79.9. The Bertz CT molecular complexity index is 397. The maximum absolute atomic E-state index is 11.8. The van der Waals surface area contributed by atoms with E-state index in [-0.39, 0.29) is 5.91 Å². The number of pyridine rings is 1. The first-order valence-corrected chi connectivity index (χ1v) is 6.23. The molecule has 1 aromatic heterocycles. The molecule has 1 aliphatic heterocycles. The van der Waals surface area contributed by atoms with Gasteiger partial charge in [0.1, 0.15) is 5.69 Å². The number of hydrogen-bond donors (Lipinski definition) is 0. The fraction of sp³-hybridized carbons (Fsp3) is 0.455. The van der Waals surface area contributed by atoms with Crippen LogP contribution in [0.3, 0.4) is 0 Å². The van der Waals surface area contributed by atoms with Crippen molar-refractivity contribution in [3.63, 3.8) is 0 Å². The topological polar surface area (TPSA) is 42.4 Å². The zero-order chi connectivity index (χ0) is 11.5. The third-order valence-corrected chi connectivity index (χ3v) is 3.57. The number of alkyl halides is 1. The number of hydrogen-bond acceptors (Lipinski definition) is 3. The molecule has 1 fully saturated rings. The standard InChI is InChI=1S/C11H13BrN2O2/c1-16-11-9(3-2-4-13-11)14-7-8(6-12)5-10(14)15/h2-4,8H,5-7H2,1H3. The van der Waals surface area contributed by atoms with Gasteiger partial charge in [-0.15, -0.1) is 0 Å². The van der Waals surface area contributed by atoms with Gasteiger partial charge in [0.15, 0.2) is 0 Å². The number of methoxy groups -OCH3 is 1. The Morgan fingerprint density at radius 1 is 1.69 bits per heavy atom. The number of rotatable bonds is 3. The molecule has 5 heteroatoms. The molecule has 2 rings (SSSR count). The monoisotopic (exact) mass is 284 g/mol. The van der Waals surface area contributed by atoms with E-state index >= 15 is 0 Å². The van der Waals surface area contributed by atoms with E-state index in [1.165, 1.54) is 0 Å². The van der Waals surface area contributed by atoms with Crippen molar-refractivity contribution in [3.8, 4) is 5.88 Å². The van der Waals surface area contributed by atoms with Crippen molar-refractivity contribution < 1.29 is 9.53 Å². The summed E-state index contributed by atoms with van der Waals surface area (Å²) in [5.74, 6) is 1.01. The van der Waals surface area contributed by atoms with Gasteiger partial charge in [0.2, 0.25) is 11.8 Å². The molecule has 1 unspecified atom stereocenters. The molecular weight excluding hydrogens is 272 g/mol. The van der Waals surface area contributed by atoms with Crippen LogP contribution >= 0.6 is 15.9 Å². The average Bonchev–Trinajstić information content (AvgIpc) is 2.70. The first-order chi connectivity index (χ1) is 7.76. The van der Waals surface area contributed by atoms with Gasteiger partial charge in [0.05, 0.1) is 7.11 Å². The average molecular weight is 285 g/mol. The minimum absolute atomic E-state index is 0.135. The third-order valence-electron chi connectivity index (χ3n) is 2.66. The van der Waals surface area contributed by atoms with Crippen LogP contribution < -0.4 is 9.64 Å². The van der Waals surface area contributed by atoms with Gasteiger partial charge in [0.25, 0.3) is 0 Å². The van der Waals surface area contributed by atoms with Crippen LogP contribution in [-0.2, 0) is 4.79 Å². The number of anilines is 1. The minimum Gasteiger partial charge on any atom is -0.480 e. The molecule has 0 radical (unpaired) electrons. The van der Waals surface area contributed by atoms with Crippen LogP contribution in [0.2, 0.25) is 0 Å². The molecule has 0 aliphatic carbocycles. The zero-order valence-corrected chi connectivity index (χ0v) is 10.6. The lowest BCUT2D eigenvalue weighted by Gasteiger charge is -2.18. The van der Waals surface area contributed by atoms with Crippen molar-refractivity contribution in [2.75, 3.05) is 23.9 Å². The highest BCUT2D eigenvalue weighted by molar-refractivity contribution is 9.09. The van der Waals surface area contributed by atoms with Gasteiger partial charge >= 0.3 is 0 Å². The SMILES string of the molecule is COc1ncccc1N1CC(CBr)CC1=O. The Morgan fingerprint density at radius 2 is 2.50 bits per heavy atom. The highest BCUT2D eigenvalue weighted by Crippen LogP contribution is 2.31. The molecule has 1 aliphatic rings. The second-order valence-electron chi connectivity index (χ2n) is 3.76. The fourth-order valence-corrected chi connectivity index (χ4v) is 2.30. The molecule has 1 saturated heterocycles. The number of ether oxygens (including phenoxy) is 1. The van der Waals surface area contributed by atoms with Crippen molar-refractivity contribution >= 4 is 27.5 Å². The van der Waals surface area contributed by atoms with Crippen molar-refractivity contribution in [2.24, 2.45) is 5.92 Å². The molecule has 0 bridgehead atoms. The molecule has 1 aromatic rings. The molecule has 1 amide bonds. The first-order valence-electron chi connectivity index (χ1n) is 5.11. The van der Waals surface area contributed by atoms with Crippen LogP contribution in [0.25, 0.3) is 0 Å². The predicted molar refractivity (Wildman–Crippen MR) is 65.0 cm³/mol. The summed E-state index contributed by atoms with van der Waals surface area (Å²) in [5.41, 5.74) is 0.762. The predicted octanol–water partition coefficient (Wildman–Crippen LogP) is 1.84. The molecule has 0 saturated carbocycles. The summed E-state index contributed by atoms with van der Waals surface area (Å²) in [6, 6.07) is 3.67. The van der Waals surface area contributed by atoms with Gasteiger partial charge in [-0.2, -0.15) is 0 Å². The van der Waals surface area contributed by atoms with Crippen molar-refractivity contribution in [3.05, 3.63) is 18.3 Å². The summed E-state index contributed by atoms with van der Waals surface area (Å²) in [7, 11) is 1.56. The summed E-state index contributed by atoms with van der Waals surface area (Å²) >= 11 is 3.41. The molecule has 16 heavy (non-hydrogen) atoms. The lowest BCUT2D eigenvalue weighted by molar-refractivity contribution is -0.117. The Hall–Kier alpha value is -1.10. The number of amides is 1. The molecule has 2 heterocycles. The number of carbonyl (C=O) groups is 1.